The normalized spacial score (nSPS) is 11.6. The molecule has 7 nitrogen and oxygen atoms in total. The van der Waals surface area contributed by atoms with Crippen LogP contribution in [0.25, 0.3) is 21.7 Å². The van der Waals surface area contributed by atoms with E-state index in [4.69, 9.17) is 0 Å². The van der Waals surface area contributed by atoms with Gasteiger partial charge in [-0.25, -0.2) is 4.98 Å². The number of hydrogen-bond acceptors (Lipinski definition) is 5. The highest BCUT2D eigenvalue weighted by atomic mass is 32.1. The van der Waals surface area contributed by atoms with Crippen molar-refractivity contribution in [3.05, 3.63) is 75.8 Å². The molecule has 0 unspecified atom stereocenters. The van der Waals surface area contributed by atoms with Gasteiger partial charge in [-0.15, -0.1) is 0 Å². The number of nitro groups is 1. The molecule has 11 heteroatoms. The second-order valence-corrected chi connectivity index (χ2v) is 7.30. The van der Waals surface area contributed by atoms with E-state index >= 15 is 0 Å². The van der Waals surface area contributed by atoms with Gasteiger partial charge in [0.1, 0.15) is 5.82 Å². The zero-order valence-electron chi connectivity index (χ0n) is 14.9. The lowest BCUT2D eigenvalue weighted by molar-refractivity contribution is -0.380. The van der Waals surface area contributed by atoms with Gasteiger partial charge in [0.25, 0.3) is 5.91 Å². The number of anilines is 1. The number of imidazole rings is 1. The molecule has 0 saturated carbocycles. The van der Waals surface area contributed by atoms with Gasteiger partial charge in [0.05, 0.1) is 26.4 Å². The number of alkyl halides is 3. The van der Waals surface area contributed by atoms with E-state index in [1.807, 2.05) is 0 Å². The molecule has 30 heavy (non-hydrogen) atoms. The number of aromatic amines is 1. The molecule has 0 aliphatic carbocycles. The van der Waals surface area contributed by atoms with Gasteiger partial charge in [-0.2, -0.15) is 13.2 Å². The molecule has 0 aliphatic rings. The molecule has 1 amide bonds. The maximum absolute atomic E-state index is 12.6. The molecule has 4 aromatic rings. The van der Waals surface area contributed by atoms with Gasteiger partial charge in [0.2, 0.25) is 0 Å². The van der Waals surface area contributed by atoms with E-state index in [2.05, 4.69) is 15.3 Å². The number of carbonyl (C=O) groups is 1. The lowest BCUT2D eigenvalue weighted by atomic mass is 10.1. The third-order valence-corrected chi connectivity index (χ3v) is 5.26. The third-order valence-electron chi connectivity index (χ3n) is 4.22. The highest BCUT2D eigenvalue weighted by Gasteiger charge is 2.30. The van der Waals surface area contributed by atoms with Crippen molar-refractivity contribution in [2.24, 2.45) is 0 Å². The molecule has 152 valence electrons. The highest BCUT2D eigenvalue weighted by molar-refractivity contribution is 7.18. The Bertz CT molecular complexity index is 1260. The Morgan fingerprint density at radius 2 is 1.83 bits per heavy atom. The van der Waals surface area contributed by atoms with Crippen LogP contribution in [0.1, 0.15) is 15.9 Å². The zero-order chi connectivity index (χ0) is 21.5. The number of rotatable bonds is 4. The van der Waals surface area contributed by atoms with Crippen LogP contribution in [-0.4, -0.2) is 20.8 Å². The molecule has 4 rings (SSSR count). The Balaban J connectivity index is 1.55. The fourth-order valence-electron chi connectivity index (χ4n) is 2.77. The van der Waals surface area contributed by atoms with E-state index in [0.717, 1.165) is 23.5 Å². The SMILES string of the molecule is O=C(Nc1ccc(C(F)(F)F)cc1)c1ccc2nc(-c3ccc([N+](=O)[O-])s3)[nH]c2c1. The van der Waals surface area contributed by atoms with Crippen molar-refractivity contribution < 1.29 is 22.9 Å². The van der Waals surface area contributed by atoms with Crippen LogP contribution in [0.3, 0.4) is 0 Å². The molecule has 0 fully saturated rings. The Labute approximate surface area is 170 Å². The van der Waals surface area contributed by atoms with Crippen LogP contribution in [0.4, 0.5) is 23.9 Å². The van der Waals surface area contributed by atoms with Crippen molar-refractivity contribution in [1.82, 2.24) is 9.97 Å². The first kappa shape index (κ1) is 19.6. The molecular formula is C19H11F3N4O3S. The number of nitrogens with one attached hydrogen (secondary N) is 2. The first-order valence-corrected chi connectivity index (χ1v) is 9.25. The van der Waals surface area contributed by atoms with Crippen molar-refractivity contribution in [3.63, 3.8) is 0 Å². The van der Waals surface area contributed by atoms with Gasteiger partial charge in [0.15, 0.2) is 0 Å². The van der Waals surface area contributed by atoms with Gasteiger partial charge in [-0.3, -0.25) is 14.9 Å². The van der Waals surface area contributed by atoms with Crippen molar-refractivity contribution in [3.8, 4) is 10.7 Å². The van der Waals surface area contributed by atoms with Crippen molar-refractivity contribution in [2.75, 3.05) is 5.32 Å². The lowest BCUT2D eigenvalue weighted by Crippen LogP contribution is -2.12. The fourth-order valence-corrected chi connectivity index (χ4v) is 3.53. The number of thiophene rings is 1. The maximum atomic E-state index is 12.6. The summed E-state index contributed by atoms with van der Waals surface area (Å²) >= 11 is 0.972. The molecule has 2 heterocycles. The Hall–Kier alpha value is -3.73. The molecule has 0 radical (unpaired) electrons. The summed E-state index contributed by atoms with van der Waals surface area (Å²) in [6.45, 7) is 0. The van der Waals surface area contributed by atoms with Crippen LogP contribution in [0.5, 0.6) is 0 Å². The van der Waals surface area contributed by atoms with Crippen LogP contribution in [-0.2, 0) is 6.18 Å². The van der Waals surface area contributed by atoms with Crippen molar-refractivity contribution >= 4 is 39.0 Å². The Morgan fingerprint density at radius 1 is 1.10 bits per heavy atom. The van der Waals surface area contributed by atoms with Crippen LogP contribution >= 0.6 is 11.3 Å². The summed E-state index contributed by atoms with van der Waals surface area (Å²) in [6, 6.07) is 11.8. The summed E-state index contributed by atoms with van der Waals surface area (Å²) in [6.07, 6.45) is -4.45. The molecular weight excluding hydrogens is 421 g/mol. The number of fused-ring (bicyclic) bond motifs is 1. The largest absolute Gasteiger partial charge is 0.416 e. The smallest absolute Gasteiger partial charge is 0.337 e. The maximum Gasteiger partial charge on any atom is 0.416 e. The molecule has 0 spiro atoms. The van der Waals surface area contributed by atoms with Gasteiger partial charge in [0, 0.05) is 17.3 Å². The quantitative estimate of drug-likeness (QED) is 0.330. The van der Waals surface area contributed by atoms with Crippen LogP contribution in [0.2, 0.25) is 0 Å². The predicted octanol–water partition coefficient (Wildman–Crippen LogP) is 5.47. The van der Waals surface area contributed by atoms with Gasteiger partial charge in [-0.1, -0.05) is 11.3 Å². The minimum atomic E-state index is -4.45. The minimum Gasteiger partial charge on any atom is -0.337 e. The minimum absolute atomic E-state index is 0.0120. The van der Waals surface area contributed by atoms with E-state index < -0.39 is 22.6 Å². The summed E-state index contributed by atoms with van der Waals surface area (Å²) in [7, 11) is 0. The standard InChI is InChI=1S/C19H11F3N4O3S/c20-19(21,22)11-2-4-12(5-3-11)23-18(27)10-1-6-13-14(9-10)25-17(24-13)15-7-8-16(30-15)26(28)29/h1-9H,(H,23,27)(H,24,25). The first-order chi connectivity index (χ1) is 14.2. The topological polar surface area (TPSA) is 101 Å². The van der Waals surface area contributed by atoms with E-state index in [1.54, 1.807) is 18.2 Å². The zero-order valence-corrected chi connectivity index (χ0v) is 15.7. The van der Waals surface area contributed by atoms with E-state index in [1.165, 1.54) is 24.3 Å². The number of benzene rings is 2. The summed E-state index contributed by atoms with van der Waals surface area (Å²) in [5, 5.41) is 13.4. The first-order valence-electron chi connectivity index (χ1n) is 8.44. The van der Waals surface area contributed by atoms with Crippen LogP contribution in [0, 0.1) is 10.1 Å². The van der Waals surface area contributed by atoms with Gasteiger partial charge in [-0.05, 0) is 48.5 Å². The Morgan fingerprint density at radius 3 is 2.47 bits per heavy atom. The summed E-state index contributed by atoms with van der Waals surface area (Å²) in [5.74, 6) is -0.0667. The predicted molar refractivity (Wildman–Crippen MR) is 105 cm³/mol. The van der Waals surface area contributed by atoms with Gasteiger partial charge < -0.3 is 10.3 Å². The molecule has 2 N–H and O–H groups in total. The molecule has 0 bridgehead atoms. The van der Waals surface area contributed by atoms with Crippen molar-refractivity contribution in [1.29, 1.82) is 0 Å². The van der Waals surface area contributed by atoms with Gasteiger partial charge >= 0.3 is 11.2 Å². The van der Waals surface area contributed by atoms with Crippen LogP contribution < -0.4 is 5.32 Å². The lowest BCUT2D eigenvalue weighted by Gasteiger charge is -2.09. The monoisotopic (exact) mass is 432 g/mol. The van der Waals surface area contributed by atoms with E-state index in [9.17, 15) is 28.1 Å². The summed E-state index contributed by atoms with van der Waals surface area (Å²) in [5.41, 5.74) is 0.799. The highest BCUT2D eigenvalue weighted by Crippen LogP contribution is 2.32. The molecule has 0 aliphatic heterocycles. The number of carbonyl (C=O) groups excluding carboxylic acids is 1. The third kappa shape index (κ3) is 3.87. The molecule has 2 aromatic carbocycles. The molecule has 0 saturated heterocycles. The van der Waals surface area contributed by atoms with E-state index in [-0.39, 0.29) is 16.3 Å². The second kappa shape index (κ2) is 7.26. The molecule has 0 atom stereocenters. The Kier molecular flexibility index (Phi) is 4.74. The number of aromatic nitrogens is 2. The number of H-pyrrole nitrogens is 1. The average Bonchev–Trinajstić information content (AvgIpc) is 3.34. The van der Waals surface area contributed by atoms with Crippen LogP contribution in [0.15, 0.2) is 54.6 Å². The molecule has 2 aromatic heterocycles. The van der Waals surface area contributed by atoms with E-state index in [0.29, 0.717) is 21.7 Å². The number of nitrogens with zero attached hydrogens (tertiary/aromatic N) is 2. The fraction of sp³-hybridized carbons (Fsp3) is 0.0526. The average molecular weight is 432 g/mol. The van der Waals surface area contributed by atoms with Crippen molar-refractivity contribution in [2.45, 2.75) is 6.18 Å². The number of halogens is 3. The second-order valence-electron chi connectivity index (χ2n) is 6.24. The number of hydrogen-bond donors (Lipinski definition) is 2. The summed E-state index contributed by atoms with van der Waals surface area (Å²) in [4.78, 5) is 30.8. The number of amides is 1. The summed E-state index contributed by atoms with van der Waals surface area (Å²) < 4.78 is 37.9.